The van der Waals surface area contributed by atoms with Crippen LogP contribution in [-0.2, 0) is 11.2 Å². The van der Waals surface area contributed by atoms with Crippen molar-refractivity contribution in [2.75, 3.05) is 10.6 Å². The zero-order valence-corrected chi connectivity index (χ0v) is 13.8. The van der Waals surface area contributed by atoms with E-state index in [0.717, 1.165) is 17.0 Å². The molecule has 5 heteroatoms. The van der Waals surface area contributed by atoms with E-state index in [1.54, 1.807) is 12.1 Å². The number of amides is 2. The summed E-state index contributed by atoms with van der Waals surface area (Å²) < 4.78 is 5.58. The first kappa shape index (κ1) is 16.1. The lowest BCUT2D eigenvalue weighted by Crippen LogP contribution is -2.20. The second-order valence-electron chi connectivity index (χ2n) is 6.07. The number of fused-ring (bicyclic) bond motifs is 1. The number of ether oxygens (including phenoxy) is 1. The molecule has 0 atom stereocenters. The molecule has 2 amide bonds. The van der Waals surface area contributed by atoms with Gasteiger partial charge in [0.05, 0.1) is 6.10 Å². The topological polar surface area (TPSA) is 67.4 Å². The summed E-state index contributed by atoms with van der Waals surface area (Å²) in [7, 11) is 0. The minimum Gasteiger partial charge on any atom is -0.491 e. The first-order chi connectivity index (χ1) is 11.5. The van der Waals surface area contributed by atoms with Crippen LogP contribution in [0.2, 0.25) is 0 Å². The molecule has 124 valence electrons. The third-order valence-corrected chi connectivity index (χ3v) is 3.75. The highest BCUT2D eigenvalue weighted by Crippen LogP contribution is 2.24. The van der Waals surface area contributed by atoms with E-state index in [0.29, 0.717) is 24.1 Å². The molecule has 1 aliphatic heterocycles. The lowest BCUT2D eigenvalue weighted by atomic mass is 10.00. The Morgan fingerprint density at radius 1 is 1.12 bits per heavy atom. The molecule has 2 aromatic carbocycles. The van der Waals surface area contributed by atoms with E-state index < -0.39 is 0 Å². The van der Waals surface area contributed by atoms with E-state index >= 15 is 0 Å². The molecule has 0 aromatic heterocycles. The Labute approximate surface area is 141 Å². The second-order valence-corrected chi connectivity index (χ2v) is 6.07. The molecule has 0 fully saturated rings. The van der Waals surface area contributed by atoms with Crippen LogP contribution < -0.4 is 15.4 Å². The van der Waals surface area contributed by atoms with Crippen molar-refractivity contribution in [2.45, 2.75) is 32.8 Å². The van der Waals surface area contributed by atoms with E-state index in [1.165, 1.54) is 0 Å². The van der Waals surface area contributed by atoms with Crippen molar-refractivity contribution in [3.8, 4) is 5.75 Å². The Hall–Kier alpha value is -2.82. The molecule has 3 rings (SSSR count). The zero-order chi connectivity index (χ0) is 17.1. The standard InChI is InChI=1S/C19H20N2O3/c1-12(2)24-16-7-5-15(6-8-16)20-19(23)14-3-9-17-13(11-14)4-10-18(22)21-17/h3,5-9,11-12H,4,10H2,1-2H3,(H,20,23)(H,21,22). The van der Waals surface area contributed by atoms with Crippen LogP contribution in [0.15, 0.2) is 42.5 Å². The lowest BCUT2D eigenvalue weighted by molar-refractivity contribution is -0.116. The van der Waals surface area contributed by atoms with Crippen molar-refractivity contribution in [2.24, 2.45) is 0 Å². The van der Waals surface area contributed by atoms with E-state index in [1.807, 2.05) is 44.2 Å². The number of benzene rings is 2. The summed E-state index contributed by atoms with van der Waals surface area (Å²) in [6.45, 7) is 3.93. The van der Waals surface area contributed by atoms with Crippen LogP contribution in [0.1, 0.15) is 36.2 Å². The Balaban J connectivity index is 1.70. The number of anilines is 2. The summed E-state index contributed by atoms with van der Waals surface area (Å²) in [5, 5.41) is 5.69. The first-order valence-electron chi connectivity index (χ1n) is 8.02. The van der Waals surface area contributed by atoms with Crippen molar-refractivity contribution in [3.05, 3.63) is 53.6 Å². The molecule has 1 heterocycles. The summed E-state index contributed by atoms with van der Waals surface area (Å²) in [6, 6.07) is 12.6. The summed E-state index contributed by atoms with van der Waals surface area (Å²) >= 11 is 0. The molecule has 0 bridgehead atoms. The van der Waals surface area contributed by atoms with Crippen LogP contribution in [-0.4, -0.2) is 17.9 Å². The van der Waals surface area contributed by atoms with E-state index in [9.17, 15) is 9.59 Å². The number of hydrogen-bond acceptors (Lipinski definition) is 3. The van der Waals surface area contributed by atoms with Gasteiger partial charge in [-0.25, -0.2) is 0 Å². The van der Waals surface area contributed by atoms with Crippen LogP contribution in [0.5, 0.6) is 5.75 Å². The number of carbonyl (C=O) groups excluding carboxylic acids is 2. The highest BCUT2D eigenvalue weighted by Gasteiger charge is 2.16. The molecule has 24 heavy (non-hydrogen) atoms. The van der Waals surface area contributed by atoms with Crippen molar-refractivity contribution in [1.29, 1.82) is 0 Å². The molecule has 0 spiro atoms. The van der Waals surface area contributed by atoms with Gasteiger partial charge >= 0.3 is 0 Å². The van der Waals surface area contributed by atoms with Crippen molar-refractivity contribution < 1.29 is 14.3 Å². The molecule has 5 nitrogen and oxygen atoms in total. The average Bonchev–Trinajstić information content (AvgIpc) is 2.55. The van der Waals surface area contributed by atoms with Crippen molar-refractivity contribution in [1.82, 2.24) is 0 Å². The van der Waals surface area contributed by atoms with Crippen LogP contribution in [0, 0.1) is 0 Å². The second kappa shape index (κ2) is 6.74. The SMILES string of the molecule is CC(C)Oc1ccc(NC(=O)c2ccc3c(c2)CCC(=O)N3)cc1. The molecule has 1 aliphatic rings. The normalized spacial score (nSPS) is 13.2. The fraction of sp³-hybridized carbons (Fsp3) is 0.263. The minimum absolute atomic E-state index is 0.0170. The Bertz CT molecular complexity index is 767. The van der Waals surface area contributed by atoms with E-state index in [2.05, 4.69) is 10.6 Å². The number of aryl methyl sites for hydroxylation is 1. The molecule has 0 radical (unpaired) electrons. The molecular formula is C19H20N2O3. The molecule has 0 saturated carbocycles. The lowest BCUT2D eigenvalue weighted by Gasteiger charge is -2.17. The molecule has 0 saturated heterocycles. The van der Waals surface area contributed by atoms with Crippen LogP contribution in [0.4, 0.5) is 11.4 Å². The number of nitrogens with one attached hydrogen (secondary N) is 2. The van der Waals surface area contributed by atoms with E-state index in [4.69, 9.17) is 4.74 Å². The maximum absolute atomic E-state index is 12.4. The van der Waals surface area contributed by atoms with Gasteiger partial charge in [-0.3, -0.25) is 9.59 Å². The average molecular weight is 324 g/mol. The van der Waals surface area contributed by atoms with Gasteiger partial charge < -0.3 is 15.4 Å². The predicted octanol–water partition coefficient (Wildman–Crippen LogP) is 3.61. The van der Waals surface area contributed by atoms with Gasteiger partial charge in [-0.1, -0.05) is 0 Å². The maximum atomic E-state index is 12.4. The van der Waals surface area contributed by atoms with Gasteiger partial charge in [0.2, 0.25) is 5.91 Å². The van der Waals surface area contributed by atoms with Gasteiger partial charge in [0.25, 0.3) is 5.91 Å². The summed E-state index contributed by atoms with van der Waals surface area (Å²) in [4.78, 5) is 23.8. The van der Waals surface area contributed by atoms with Crippen LogP contribution in [0.25, 0.3) is 0 Å². The van der Waals surface area contributed by atoms with Crippen molar-refractivity contribution in [3.63, 3.8) is 0 Å². The monoisotopic (exact) mass is 324 g/mol. The maximum Gasteiger partial charge on any atom is 0.255 e. The molecule has 0 unspecified atom stereocenters. The molecule has 2 aromatic rings. The quantitative estimate of drug-likeness (QED) is 0.903. The van der Waals surface area contributed by atoms with Gasteiger partial charge in [-0.05, 0) is 68.3 Å². The number of hydrogen-bond donors (Lipinski definition) is 2. The molecule has 2 N–H and O–H groups in total. The largest absolute Gasteiger partial charge is 0.491 e. The number of carbonyl (C=O) groups is 2. The minimum atomic E-state index is -0.174. The highest BCUT2D eigenvalue weighted by molar-refractivity contribution is 6.05. The molecular weight excluding hydrogens is 304 g/mol. The Morgan fingerprint density at radius 3 is 2.58 bits per heavy atom. The summed E-state index contributed by atoms with van der Waals surface area (Å²) in [6.07, 6.45) is 1.22. The number of rotatable bonds is 4. The third kappa shape index (κ3) is 3.74. The fourth-order valence-electron chi connectivity index (χ4n) is 2.62. The fourth-order valence-corrected chi connectivity index (χ4v) is 2.62. The zero-order valence-electron chi connectivity index (χ0n) is 13.8. The summed E-state index contributed by atoms with van der Waals surface area (Å²) in [5.41, 5.74) is 3.07. The van der Waals surface area contributed by atoms with Crippen LogP contribution in [0.3, 0.4) is 0 Å². The van der Waals surface area contributed by atoms with Crippen molar-refractivity contribution >= 4 is 23.2 Å². The molecule has 0 aliphatic carbocycles. The van der Waals surface area contributed by atoms with E-state index in [-0.39, 0.29) is 17.9 Å². The highest BCUT2D eigenvalue weighted by atomic mass is 16.5. The Morgan fingerprint density at radius 2 is 1.88 bits per heavy atom. The summed E-state index contributed by atoms with van der Waals surface area (Å²) in [5.74, 6) is 0.614. The van der Waals surface area contributed by atoms with Gasteiger partial charge in [0, 0.05) is 23.4 Å². The Kier molecular flexibility index (Phi) is 4.51. The van der Waals surface area contributed by atoms with Gasteiger partial charge in [-0.15, -0.1) is 0 Å². The van der Waals surface area contributed by atoms with Gasteiger partial charge in [0.15, 0.2) is 0 Å². The first-order valence-corrected chi connectivity index (χ1v) is 8.02. The van der Waals surface area contributed by atoms with Crippen LogP contribution >= 0.6 is 0 Å². The predicted molar refractivity (Wildman–Crippen MR) is 93.6 cm³/mol. The van der Waals surface area contributed by atoms with Gasteiger partial charge in [0.1, 0.15) is 5.75 Å². The third-order valence-electron chi connectivity index (χ3n) is 3.75. The van der Waals surface area contributed by atoms with Gasteiger partial charge in [-0.2, -0.15) is 0 Å². The smallest absolute Gasteiger partial charge is 0.255 e.